The van der Waals surface area contributed by atoms with Gasteiger partial charge in [-0.25, -0.2) is 4.98 Å². The predicted octanol–water partition coefficient (Wildman–Crippen LogP) is 2.19. The molecule has 2 aromatic rings. The van der Waals surface area contributed by atoms with Crippen LogP contribution >= 0.6 is 0 Å². The summed E-state index contributed by atoms with van der Waals surface area (Å²) >= 11 is 0. The molecule has 1 fully saturated rings. The Morgan fingerprint density at radius 1 is 1.40 bits per heavy atom. The van der Waals surface area contributed by atoms with Crippen LogP contribution in [0, 0.1) is 0 Å². The summed E-state index contributed by atoms with van der Waals surface area (Å²) in [7, 11) is 3.87. The third-order valence-corrected chi connectivity index (χ3v) is 3.92. The molecule has 5 nitrogen and oxygen atoms in total. The van der Waals surface area contributed by atoms with Gasteiger partial charge in [0.05, 0.1) is 5.69 Å². The van der Waals surface area contributed by atoms with Crippen molar-refractivity contribution in [3.63, 3.8) is 0 Å². The molecular formula is C15H21N5. The molecule has 3 rings (SSSR count). The van der Waals surface area contributed by atoms with Crippen LogP contribution < -0.4 is 5.32 Å². The monoisotopic (exact) mass is 271 g/mol. The molecule has 0 aromatic carbocycles. The summed E-state index contributed by atoms with van der Waals surface area (Å²) < 4.78 is 1.87. The topological polar surface area (TPSA) is 46.0 Å². The highest BCUT2D eigenvalue weighted by atomic mass is 15.3. The van der Waals surface area contributed by atoms with Gasteiger partial charge in [-0.1, -0.05) is 0 Å². The molecule has 0 saturated carbocycles. The molecule has 2 aromatic heterocycles. The molecule has 5 heteroatoms. The summed E-state index contributed by atoms with van der Waals surface area (Å²) in [5.74, 6) is 0.937. The van der Waals surface area contributed by atoms with E-state index in [-0.39, 0.29) is 0 Å². The SMILES string of the molecule is CNc1cc([C@H]2CCCN2Cc2ccn(C)n2)ccn1. The zero-order valence-electron chi connectivity index (χ0n) is 12.1. The van der Waals surface area contributed by atoms with Gasteiger partial charge >= 0.3 is 0 Å². The predicted molar refractivity (Wildman–Crippen MR) is 79.4 cm³/mol. The molecule has 0 amide bonds. The van der Waals surface area contributed by atoms with Crippen molar-refractivity contribution in [1.29, 1.82) is 0 Å². The first-order valence-electron chi connectivity index (χ1n) is 7.12. The Hall–Kier alpha value is -1.88. The second kappa shape index (κ2) is 5.63. The summed E-state index contributed by atoms with van der Waals surface area (Å²) in [5.41, 5.74) is 2.49. The van der Waals surface area contributed by atoms with Gasteiger partial charge in [0.2, 0.25) is 0 Å². The lowest BCUT2D eigenvalue weighted by molar-refractivity contribution is 0.245. The van der Waals surface area contributed by atoms with Gasteiger partial charge < -0.3 is 5.32 Å². The Balaban J connectivity index is 1.77. The van der Waals surface area contributed by atoms with Gasteiger partial charge in [-0.3, -0.25) is 9.58 Å². The number of aryl methyl sites for hydroxylation is 1. The second-order valence-electron chi connectivity index (χ2n) is 5.33. The number of likely N-dealkylation sites (tertiary alicyclic amines) is 1. The second-order valence-corrected chi connectivity index (χ2v) is 5.33. The molecule has 1 N–H and O–H groups in total. The minimum Gasteiger partial charge on any atom is -0.373 e. The lowest BCUT2D eigenvalue weighted by atomic mass is 10.1. The first-order valence-corrected chi connectivity index (χ1v) is 7.12. The number of anilines is 1. The molecular weight excluding hydrogens is 250 g/mol. The van der Waals surface area contributed by atoms with Crippen LogP contribution in [-0.4, -0.2) is 33.3 Å². The van der Waals surface area contributed by atoms with Crippen LogP contribution in [0.2, 0.25) is 0 Å². The van der Waals surface area contributed by atoms with Crippen LogP contribution in [0.3, 0.4) is 0 Å². The van der Waals surface area contributed by atoms with E-state index in [2.05, 4.69) is 38.5 Å². The van der Waals surface area contributed by atoms with Crippen LogP contribution in [0.25, 0.3) is 0 Å². The average Bonchev–Trinajstić information content (AvgIpc) is 3.08. The highest BCUT2D eigenvalue weighted by molar-refractivity contribution is 5.38. The highest BCUT2D eigenvalue weighted by Crippen LogP contribution is 2.33. The van der Waals surface area contributed by atoms with Gasteiger partial charge in [0.25, 0.3) is 0 Å². The van der Waals surface area contributed by atoms with Gasteiger partial charge in [0.15, 0.2) is 0 Å². The fourth-order valence-corrected chi connectivity index (χ4v) is 2.94. The van der Waals surface area contributed by atoms with Crippen molar-refractivity contribution < 1.29 is 0 Å². The molecule has 0 aliphatic carbocycles. The van der Waals surface area contributed by atoms with Gasteiger partial charge in [-0.2, -0.15) is 5.10 Å². The number of hydrogen-bond acceptors (Lipinski definition) is 4. The fourth-order valence-electron chi connectivity index (χ4n) is 2.94. The number of hydrogen-bond donors (Lipinski definition) is 1. The van der Waals surface area contributed by atoms with E-state index < -0.39 is 0 Å². The zero-order chi connectivity index (χ0) is 13.9. The lowest BCUT2D eigenvalue weighted by Crippen LogP contribution is -2.23. The first kappa shape index (κ1) is 13.1. The molecule has 0 bridgehead atoms. The summed E-state index contributed by atoms with van der Waals surface area (Å²) in [4.78, 5) is 6.81. The maximum Gasteiger partial charge on any atom is 0.125 e. The Labute approximate surface area is 119 Å². The van der Waals surface area contributed by atoms with E-state index in [9.17, 15) is 0 Å². The maximum absolute atomic E-state index is 4.49. The Bertz CT molecular complexity index is 577. The van der Waals surface area contributed by atoms with Crippen molar-refractivity contribution in [3.8, 4) is 0 Å². The summed E-state index contributed by atoms with van der Waals surface area (Å²) in [6.45, 7) is 2.06. The highest BCUT2D eigenvalue weighted by Gasteiger charge is 2.26. The van der Waals surface area contributed by atoms with Gasteiger partial charge in [-0.05, 0) is 43.1 Å². The zero-order valence-corrected chi connectivity index (χ0v) is 12.1. The number of rotatable bonds is 4. The number of nitrogens with zero attached hydrogens (tertiary/aromatic N) is 4. The van der Waals surface area contributed by atoms with E-state index in [0.717, 1.165) is 24.6 Å². The average molecular weight is 271 g/mol. The number of nitrogens with one attached hydrogen (secondary N) is 1. The summed E-state index contributed by atoms with van der Waals surface area (Å²) in [5, 5.41) is 7.60. The Morgan fingerprint density at radius 2 is 2.30 bits per heavy atom. The lowest BCUT2D eigenvalue weighted by Gasteiger charge is -2.24. The quantitative estimate of drug-likeness (QED) is 0.926. The molecule has 0 spiro atoms. The molecule has 0 unspecified atom stereocenters. The van der Waals surface area contributed by atoms with E-state index in [0.29, 0.717) is 6.04 Å². The van der Waals surface area contributed by atoms with E-state index in [1.165, 1.54) is 18.4 Å². The van der Waals surface area contributed by atoms with Crippen molar-refractivity contribution in [2.24, 2.45) is 7.05 Å². The maximum atomic E-state index is 4.49. The largest absolute Gasteiger partial charge is 0.373 e. The van der Waals surface area contributed by atoms with E-state index >= 15 is 0 Å². The molecule has 1 atom stereocenters. The van der Waals surface area contributed by atoms with Gasteiger partial charge in [0.1, 0.15) is 5.82 Å². The van der Waals surface area contributed by atoms with Crippen LogP contribution in [-0.2, 0) is 13.6 Å². The molecule has 0 radical (unpaired) electrons. The van der Waals surface area contributed by atoms with Crippen molar-refractivity contribution in [2.75, 3.05) is 18.9 Å². The molecule has 20 heavy (non-hydrogen) atoms. The molecule has 1 aliphatic heterocycles. The Kier molecular flexibility index (Phi) is 3.69. The van der Waals surface area contributed by atoms with Crippen LogP contribution in [0.5, 0.6) is 0 Å². The first-order chi connectivity index (χ1) is 9.76. The van der Waals surface area contributed by atoms with E-state index in [4.69, 9.17) is 0 Å². The van der Waals surface area contributed by atoms with Gasteiger partial charge in [-0.15, -0.1) is 0 Å². The molecule has 106 valence electrons. The summed E-state index contributed by atoms with van der Waals surface area (Å²) in [6.07, 6.45) is 6.35. The smallest absolute Gasteiger partial charge is 0.125 e. The third kappa shape index (κ3) is 2.67. The normalized spacial score (nSPS) is 19.4. The minimum atomic E-state index is 0.479. The summed E-state index contributed by atoms with van der Waals surface area (Å²) in [6, 6.07) is 6.86. The Morgan fingerprint density at radius 3 is 3.05 bits per heavy atom. The van der Waals surface area contributed by atoms with E-state index in [1.54, 1.807) is 0 Å². The third-order valence-electron chi connectivity index (χ3n) is 3.92. The molecule has 1 saturated heterocycles. The van der Waals surface area contributed by atoms with Crippen LogP contribution in [0.15, 0.2) is 30.6 Å². The van der Waals surface area contributed by atoms with Crippen LogP contribution in [0.4, 0.5) is 5.82 Å². The number of aromatic nitrogens is 3. The molecule has 1 aliphatic rings. The number of pyridine rings is 1. The van der Waals surface area contributed by atoms with Gasteiger partial charge in [0, 0.05) is 39.1 Å². The van der Waals surface area contributed by atoms with Crippen molar-refractivity contribution in [3.05, 3.63) is 41.9 Å². The standard InChI is InChI=1S/C15H21N5/c1-16-15-10-12(5-7-17-15)14-4-3-8-20(14)11-13-6-9-19(2)18-13/h5-7,9-10,14H,3-4,8,11H2,1-2H3,(H,16,17)/t14-/m1/s1. The minimum absolute atomic E-state index is 0.479. The van der Waals surface area contributed by atoms with Crippen molar-refractivity contribution >= 4 is 5.82 Å². The van der Waals surface area contributed by atoms with Crippen molar-refractivity contribution in [1.82, 2.24) is 19.7 Å². The fraction of sp³-hybridized carbons (Fsp3) is 0.467. The van der Waals surface area contributed by atoms with Crippen LogP contribution in [0.1, 0.15) is 30.1 Å². The molecule has 3 heterocycles. The van der Waals surface area contributed by atoms with E-state index in [1.807, 2.05) is 31.2 Å². The van der Waals surface area contributed by atoms with Crippen molar-refractivity contribution in [2.45, 2.75) is 25.4 Å².